The molecule has 0 aliphatic carbocycles. The third kappa shape index (κ3) is 2.76. The van der Waals surface area contributed by atoms with E-state index in [1.165, 1.54) is 19.2 Å². The summed E-state index contributed by atoms with van der Waals surface area (Å²) < 4.78 is 15.6. The standard InChI is InChI=1S/C18H18O6/c1-22-12-5-3-11(4-6-12)9-18(21)10-24-15-8-13(23-2)7-14(19)16(15)17(18)20/h3-8,19,21H,9-10H2,1-2H3/t18-/m0/s1. The van der Waals surface area contributed by atoms with E-state index in [4.69, 9.17) is 14.2 Å². The molecule has 0 unspecified atom stereocenters. The van der Waals surface area contributed by atoms with Crippen molar-refractivity contribution in [3.05, 3.63) is 47.5 Å². The van der Waals surface area contributed by atoms with Crippen LogP contribution in [-0.4, -0.2) is 42.4 Å². The first-order valence-electron chi connectivity index (χ1n) is 7.41. The van der Waals surface area contributed by atoms with Crippen molar-refractivity contribution in [3.63, 3.8) is 0 Å². The average Bonchev–Trinajstić information content (AvgIpc) is 2.59. The number of carbonyl (C=O) groups is 1. The molecule has 0 bridgehead atoms. The molecule has 1 aliphatic heterocycles. The number of carbonyl (C=O) groups excluding carboxylic acids is 1. The Morgan fingerprint density at radius 1 is 1.12 bits per heavy atom. The molecule has 6 heteroatoms. The zero-order valence-corrected chi connectivity index (χ0v) is 13.4. The molecule has 2 aromatic carbocycles. The summed E-state index contributed by atoms with van der Waals surface area (Å²) in [4.78, 5) is 12.7. The Morgan fingerprint density at radius 3 is 2.42 bits per heavy atom. The molecular weight excluding hydrogens is 312 g/mol. The van der Waals surface area contributed by atoms with E-state index in [0.29, 0.717) is 11.5 Å². The summed E-state index contributed by atoms with van der Waals surface area (Å²) in [6.45, 7) is -0.197. The van der Waals surface area contributed by atoms with Crippen molar-refractivity contribution in [2.75, 3.05) is 20.8 Å². The number of aromatic hydroxyl groups is 1. The van der Waals surface area contributed by atoms with Crippen LogP contribution in [0.15, 0.2) is 36.4 Å². The number of rotatable bonds is 4. The number of phenols is 1. The molecule has 0 aromatic heterocycles. The molecule has 2 N–H and O–H groups in total. The van der Waals surface area contributed by atoms with Crippen LogP contribution in [0.1, 0.15) is 15.9 Å². The van der Waals surface area contributed by atoms with E-state index in [1.807, 2.05) is 0 Å². The predicted molar refractivity (Wildman–Crippen MR) is 86.1 cm³/mol. The lowest BCUT2D eigenvalue weighted by Gasteiger charge is -2.32. The highest BCUT2D eigenvalue weighted by Gasteiger charge is 2.44. The minimum Gasteiger partial charge on any atom is -0.507 e. The molecule has 1 heterocycles. The van der Waals surface area contributed by atoms with Crippen LogP contribution in [0.4, 0.5) is 0 Å². The fourth-order valence-electron chi connectivity index (χ4n) is 2.74. The zero-order chi connectivity index (χ0) is 17.3. The molecule has 3 rings (SSSR count). The second kappa shape index (κ2) is 6.05. The van der Waals surface area contributed by atoms with E-state index in [9.17, 15) is 15.0 Å². The molecule has 0 saturated heterocycles. The first kappa shape index (κ1) is 16.1. The van der Waals surface area contributed by atoms with Gasteiger partial charge in [0.1, 0.15) is 35.2 Å². The van der Waals surface area contributed by atoms with Crippen LogP contribution in [0.25, 0.3) is 0 Å². The van der Waals surface area contributed by atoms with E-state index in [2.05, 4.69) is 0 Å². The van der Waals surface area contributed by atoms with Gasteiger partial charge in [-0.2, -0.15) is 0 Å². The summed E-state index contributed by atoms with van der Waals surface area (Å²) in [5, 5.41) is 20.9. The van der Waals surface area contributed by atoms with Crippen LogP contribution in [0, 0.1) is 0 Å². The van der Waals surface area contributed by atoms with Crippen LogP contribution in [0.3, 0.4) is 0 Å². The van der Waals surface area contributed by atoms with Crippen LogP contribution >= 0.6 is 0 Å². The fraction of sp³-hybridized carbons (Fsp3) is 0.278. The molecule has 6 nitrogen and oxygen atoms in total. The Balaban J connectivity index is 1.91. The third-order valence-corrected chi connectivity index (χ3v) is 4.06. The van der Waals surface area contributed by atoms with Crippen LogP contribution in [0.2, 0.25) is 0 Å². The Labute approximate surface area is 139 Å². The van der Waals surface area contributed by atoms with Gasteiger partial charge in [-0.05, 0) is 17.7 Å². The lowest BCUT2D eigenvalue weighted by atomic mass is 9.85. The number of hydrogen-bond donors (Lipinski definition) is 2. The SMILES string of the molecule is COc1ccc(C[C@]2(O)COc3cc(OC)cc(O)c3C2=O)cc1. The maximum Gasteiger partial charge on any atom is 0.205 e. The molecule has 24 heavy (non-hydrogen) atoms. The van der Waals surface area contributed by atoms with Gasteiger partial charge in [0.2, 0.25) is 5.78 Å². The number of methoxy groups -OCH3 is 2. The molecule has 0 radical (unpaired) electrons. The van der Waals surface area contributed by atoms with E-state index in [1.54, 1.807) is 31.4 Å². The average molecular weight is 330 g/mol. The smallest absolute Gasteiger partial charge is 0.205 e. The van der Waals surface area contributed by atoms with Gasteiger partial charge in [0.25, 0.3) is 0 Å². The van der Waals surface area contributed by atoms with Crippen molar-refractivity contribution in [3.8, 4) is 23.0 Å². The molecule has 0 amide bonds. The van der Waals surface area contributed by atoms with E-state index in [-0.39, 0.29) is 30.1 Å². The van der Waals surface area contributed by atoms with E-state index in [0.717, 1.165) is 5.56 Å². The lowest BCUT2D eigenvalue weighted by Crippen LogP contribution is -2.49. The first-order chi connectivity index (χ1) is 11.5. The van der Waals surface area contributed by atoms with Gasteiger partial charge in [0.15, 0.2) is 5.60 Å². The molecule has 0 saturated carbocycles. The van der Waals surface area contributed by atoms with E-state index >= 15 is 0 Å². The minimum absolute atomic E-state index is 0.0296. The Kier molecular flexibility index (Phi) is 4.07. The van der Waals surface area contributed by atoms with Crippen LogP contribution in [-0.2, 0) is 6.42 Å². The second-order valence-corrected chi connectivity index (χ2v) is 5.69. The van der Waals surface area contributed by atoms with Gasteiger partial charge < -0.3 is 24.4 Å². The molecule has 2 aromatic rings. The summed E-state index contributed by atoms with van der Waals surface area (Å²) in [5.74, 6) is 0.421. The van der Waals surface area contributed by atoms with Crippen molar-refractivity contribution in [1.82, 2.24) is 0 Å². The van der Waals surface area contributed by atoms with Gasteiger partial charge in [-0.25, -0.2) is 0 Å². The highest BCUT2D eigenvalue weighted by Crippen LogP contribution is 2.40. The van der Waals surface area contributed by atoms with Gasteiger partial charge in [0.05, 0.1) is 14.2 Å². The Bertz CT molecular complexity index is 768. The van der Waals surface area contributed by atoms with Crippen molar-refractivity contribution in [2.45, 2.75) is 12.0 Å². The summed E-state index contributed by atoms with van der Waals surface area (Å²) in [5.41, 5.74) is -1.02. The lowest BCUT2D eigenvalue weighted by molar-refractivity contribution is -0.00240. The highest BCUT2D eigenvalue weighted by molar-refractivity contribution is 6.08. The molecular formula is C18H18O6. The largest absolute Gasteiger partial charge is 0.507 e. The summed E-state index contributed by atoms with van der Waals surface area (Å²) in [6, 6.07) is 9.88. The molecule has 126 valence electrons. The minimum atomic E-state index is -1.74. The maximum absolute atomic E-state index is 12.7. The van der Waals surface area contributed by atoms with Crippen molar-refractivity contribution in [2.24, 2.45) is 0 Å². The molecule has 0 fully saturated rings. The fourth-order valence-corrected chi connectivity index (χ4v) is 2.74. The number of benzene rings is 2. The van der Waals surface area contributed by atoms with Crippen LogP contribution < -0.4 is 14.2 Å². The second-order valence-electron chi connectivity index (χ2n) is 5.69. The van der Waals surface area contributed by atoms with Gasteiger partial charge in [-0.1, -0.05) is 12.1 Å². The third-order valence-electron chi connectivity index (χ3n) is 4.06. The highest BCUT2D eigenvalue weighted by atomic mass is 16.5. The number of Topliss-reactive ketones (excluding diaryl/α,β-unsaturated/α-hetero) is 1. The summed E-state index contributed by atoms with van der Waals surface area (Å²) in [7, 11) is 3.01. The predicted octanol–water partition coefficient (Wildman–Crippen LogP) is 1.96. The molecule has 0 spiro atoms. The number of fused-ring (bicyclic) bond motifs is 1. The normalized spacial score (nSPS) is 19.4. The Hall–Kier alpha value is -2.73. The van der Waals surface area contributed by atoms with Crippen LogP contribution in [0.5, 0.6) is 23.0 Å². The summed E-state index contributed by atoms with van der Waals surface area (Å²) in [6.07, 6.45) is 0.0702. The topological polar surface area (TPSA) is 85.2 Å². The van der Waals surface area contributed by atoms with Crippen molar-refractivity contribution >= 4 is 5.78 Å². The van der Waals surface area contributed by atoms with Gasteiger partial charge in [-0.15, -0.1) is 0 Å². The molecule has 1 aliphatic rings. The van der Waals surface area contributed by atoms with Crippen molar-refractivity contribution < 1.29 is 29.2 Å². The number of phenolic OH excluding ortho intramolecular Hbond substituents is 1. The monoisotopic (exact) mass is 330 g/mol. The maximum atomic E-state index is 12.7. The van der Waals surface area contributed by atoms with Gasteiger partial charge in [-0.3, -0.25) is 4.79 Å². The number of aliphatic hydroxyl groups is 1. The first-order valence-corrected chi connectivity index (χ1v) is 7.41. The Morgan fingerprint density at radius 2 is 1.79 bits per heavy atom. The number of ketones is 1. The molecule has 1 atom stereocenters. The van der Waals surface area contributed by atoms with Gasteiger partial charge in [0, 0.05) is 18.6 Å². The number of ether oxygens (including phenoxy) is 3. The van der Waals surface area contributed by atoms with E-state index < -0.39 is 11.4 Å². The quantitative estimate of drug-likeness (QED) is 0.891. The zero-order valence-electron chi connectivity index (χ0n) is 13.4. The summed E-state index contributed by atoms with van der Waals surface area (Å²) >= 11 is 0. The number of hydrogen-bond acceptors (Lipinski definition) is 6. The van der Waals surface area contributed by atoms with Gasteiger partial charge >= 0.3 is 0 Å². The van der Waals surface area contributed by atoms with Crippen molar-refractivity contribution in [1.29, 1.82) is 0 Å².